The van der Waals surface area contributed by atoms with Crippen molar-refractivity contribution in [3.05, 3.63) is 0 Å². The Balaban J connectivity index is 0. The molecule has 0 saturated carbocycles. The van der Waals surface area contributed by atoms with Gasteiger partial charge < -0.3 is 30.6 Å². The van der Waals surface area contributed by atoms with Crippen LogP contribution >= 0.6 is 0 Å². The van der Waals surface area contributed by atoms with Gasteiger partial charge in [0, 0.05) is 0 Å². The topological polar surface area (TPSA) is 156 Å². The molecule has 0 radical (unpaired) electrons. The molecule has 9 heteroatoms. The standard InChI is InChI=1S/C6H10O8.K.H/c7-1(3(9)5(11)12)2(8)4(10)6(13)14;;/h1-4,7-10H,(H,11,12)(H,13,14);;/t1-,2-,3-,4+;;/m0../s1. The number of carboxylic acids is 2. The third kappa shape index (κ3) is 5.33. The molecule has 0 bridgehead atoms. The van der Waals surface area contributed by atoms with Gasteiger partial charge in [0.25, 0.3) is 0 Å². The Labute approximate surface area is 127 Å². The maximum atomic E-state index is 10.1. The number of aliphatic carboxylic acids is 2. The molecule has 0 aliphatic heterocycles. The average Bonchev–Trinajstić information content (AvgIpc) is 2.12. The van der Waals surface area contributed by atoms with E-state index in [0.717, 1.165) is 0 Å². The van der Waals surface area contributed by atoms with Gasteiger partial charge in [-0.2, -0.15) is 0 Å². The maximum absolute atomic E-state index is 10.1. The summed E-state index contributed by atoms with van der Waals surface area (Å²) in [7, 11) is 0. The Morgan fingerprint density at radius 2 is 0.933 bits per heavy atom. The molecule has 0 aromatic heterocycles. The molecule has 15 heavy (non-hydrogen) atoms. The van der Waals surface area contributed by atoms with E-state index in [4.69, 9.17) is 30.6 Å². The summed E-state index contributed by atoms with van der Waals surface area (Å²) in [4.78, 5) is 20.2. The summed E-state index contributed by atoms with van der Waals surface area (Å²) < 4.78 is 0. The molecule has 8 nitrogen and oxygen atoms in total. The second-order valence-electron chi connectivity index (χ2n) is 2.55. The summed E-state index contributed by atoms with van der Waals surface area (Å²) in [5.74, 6) is -3.68. The van der Waals surface area contributed by atoms with Crippen LogP contribution in [0.2, 0.25) is 0 Å². The van der Waals surface area contributed by atoms with E-state index in [1.165, 1.54) is 0 Å². The van der Waals surface area contributed by atoms with Gasteiger partial charge in [0.15, 0.2) is 12.2 Å². The zero-order valence-electron chi connectivity index (χ0n) is 6.81. The van der Waals surface area contributed by atoms with E-state index in [1.807, 2.05) is 0 Å². The SMILES string of the molecule is O=C(O)[C@@H](O)[C@@H](O)[C@H](O)[C@@H](O)C(=O)O.[KH]. The van der Waals surface area contributed by atoms with Crippen molar-refractivity contribution in [2.24, 2.45) is 0 Å². The molecule has 0 aliphatic carbocycles. The van der Waals surface area contributed by atoms with Crippen LogP contribution < -0.4 is 0 Å². The second kappa shape index (κ2) is 7.65. The van der Waals surface area contributed by atoms with Crippen LogP contribution in [0.15, 0.2) is 0 Å². The van der Waals surface area contributed by atoms with Crippen LogP contribution in [-0.2, 0) is 9.59 Å². The zero-order chi connectivity index (χ0) is 11.5. The first-order valence-electron chi connectivity index (χ1n) is 3.47. The van der Waals surface area contributed by atoms with Gasteiger partial charge in [0.2, 0.25) is 0 Å². The fourth-order valence-electron chi connectivity index (χ4n) is 0.666. The van der Waals surface area contributed by atoms with Gasteiger partial charge >= 0.3 is 63.3 Å². The third-order valence-electron chi connectivity index (χ3n) is 1.50. The Bertz CT molecular complexity index is 207. The first-order valence-corrected chi connectivity index (χ1v) is 3.47. The van der Waals surface area contributed by atoms with Crippen LogP contribution in [0.4, 0.5) is 0 Å². The van der Waals surface area contributed by atoms with Crippen molar-refractivity contribution in [3.8, 4) is 0 Å². The predicted molar refractivity (Wildman–Crippen MR) is 46.4 cm³/mol. The number of carboxylic acid groups (broad SMARTS) is 2. The van der Waals surface area contributed by atoms with Gasteiger partial charge in [-0.05, 0) is 0 Å². The number of aliphatic hydroxyl groups is 4. The van der Waals surface area contributed by atoms with Crippen molar-refractivity contribution in [2.75, 3.05) is 0 Å². The Morgan fingerprint density at radius 3 is 1.07 bits per heavy atom. The molecule has 0 aromatic carbocycles. The summed E-state index contributed by atoms with van der Waals surface area (Å²) in [5.41, 5.74) is 0. The van der Waals surface area contributed by atoms with Crippen LogP contribution in [0.1, 0.15) is 0 Å². The minimum atomic E-state index is -2.36. The van der Waals surface area contributed by atoms with Crippen molar-refractivity contribution in [2.45, 2.75) is 24.4 Å². The van der Waals surface area contributed by atoms with Crippen LogP contribution in [0.3, 0.4) is 0 Å². The van der Waals surface area contributed by atoms with E-state index < -0.39 is 36.4 Å². The van der Waals surface area contributed by atoms with E-state index in [0.29, 0.717) is 0 Å². The molecule has 0 amide bonds. The predicted octanol–water partition coefficient (Wildman–Crippen LogP) is -4.05. The van der Waals surface area contributed by atoms with Crippen molar-refractivity contribution in [3.63, 3.8) is 0 Å². The summed E-state index contributed by atoms with van der Waals surface area (Å²) in [5, 5.41) is 51.5. The van der Waals surface area contributed by atoms with Crippen molar-refractivity contribution in [1.29, 1.82) is 0 Å². The molecule has 0 spiro atoms. The van der Waals surface area contributed by atoms with E-state index in [2.05, 4.69) is 0 Å². The quantitative estimate of drug-likeness (QED) is 0.269. The molecule has 0 fully saturated rings. The number of carbonyl (C=O) groups is 2. The van der Waals surface area contributed by atoms with Gasteiger partial charge in [0.05, 0.1) is 0 Å². The molecule has 4 atom stereocenters. The number of hydrogen-bond donors (Lipinski definition) is 6. The van der Waals surface area contributed by atoms with Crippen LogP contribution in [0.5, 0.6) is 0 Å². The number of aliphatic hydroxyl groups excluding tert-OH is 4. The summed E-state index contributed by atoms with van der Waals surface area (Å²) in [6.45, 7) is 0. The normalized spacial score (nSPS) is 18.1. The Morgan fingerprint density at radius 1 is 0.733 bits per heavy atom. The molecular formula is C6H11KO8. The molecule has 0 heterocycles. The van der Waals surface area contributed by atoms with E-state index in [9.17, 15) is 9.59 Å². The van der Waals surface area contributed by atoms with Gasteiger partial charge in [-0.1, -0.05) is 0 Å². The van der Waals surface area contributed by atoms with E-state index in [-0.39, 0.29) is 51.4 Å². The summed E-state index contributed by atoms with van der Waals surface area (Å²) in [6, 6.07) is 0. The summed E-state index contributed by atoms with van der Waals surface area (Å²) in [6.07, 6.45) is -9.28. The first kappa shape index (κ1) is 17.8. The van der Waals surface area contributed by atoms with E-state index >= 15 is 0 Å². The van der Waals surface area contributed by atoms with Gasteiger partial charge in [0.1, 0.15) is 12.2 Å². The zero-order valence-corrected chi connectivity index (χ0v) is 6.81. The molecule has 0 saturated heterocycles. The van der Waals surface area contributed by atoms with Crippen molar-refractivity contribution >= 4 is 63.3 Å². The molecule has 0 rings (SSSR count). The van der Waals surface area contributed by atoms with Gasteiger partial charge in [-0.3, -0.25) is 0 Å². The Kier molecular flexibility index (Phi) is 9.08. The molecule has 84 valence electrons. The molecule has 0 unspecified atom stereocenters. The average molecular weight is 250 g/mol. The van der Waals surface area contributed by atoms with Crippen molar-refractivity contribution < 1.29 is 40.2 Å². The van der Waals surface area contributed by atoms with Gasteiger partial charge in [-0.15, -0.1) is 0 Å². The molecule has 0 aromatic rings. The second-order valence-corrected chi connectivity index (χ2v) is 2.55. The minimum absolute atomic E-state index is 0. The fraction of sp³-hybridized carbons (Fsp3) is 0.667. The first-order chi connectivity index (χ1) is 6.29. The van der Waals surface area contributed by atoms with Crippen LogP contribution in [0, 0.1) is 0 Å². The molecular weight excluding hydrogens is 239 g/mol. The van der Waals surface area contributed by atoms with Crippen LogP contribution in [0.25, 0.3) is 0 Å². The van der Waals surface area contributed by atoms with E-state index in [1.54, 1.807) is 0 Å². The molecule has 6 N–H and O–H groups in total. The molecule has 0 aliphatic rings. The fourth-order valence-corrected chi connectivity index (χ4v) is 0.666. The number of hydrogen-bond acceptors (Lipinski definition) is 6. The number of rotatable bonds is 5. The van der Waals surface area contributed by atoms with Crippen LogP contribution in [-0.4, -0.2) is 118 Å². The Hall–Kier alpha value is 0.416. The van der Waals surface area contributed by atoms with Crippen molar-refractivity contribution in [1.82, 2.24) is 0 Å². The summed E-state index contributed by atoms with van der Waals surface area (Å²) >= 11 is 0. The van der Waals surface area contributed by atoms with Gasteiger partial charge in [-0.25, -0.2) is 9.59 Å². The third-order valence-corrected chi connectivity index (χ3v) is 1.50. The monoisotopic (exact) mass is 250 g/mol.